The molecule has 2 atom stereocenters. The smallest absolute Gasteiger partial charge is 0.407 e. The van der Waals surface area contributed by atoms with E-state index in [2.05, 4.69) is 15.6 Å². The maximum absolute atomic E-state index is 15.0. The fourth-order valence-electron chi connectivity index (χ4n) is 5.25. The average Bonchev–Trinajstić information content (AvgIpc) is 3.01. The summed E-state index contributed by atoms with van der Waals surface area (Å²) in [5.74, 6) is -1.95. The number of rotatable bonds is 9. The Kier molecular flexibility index (Phi) is 9.12. The van der Waals surface area contributed by atoms with Gasteiger partial charge in [0.1, 0.15) is 17.3 Å². The van der Waals surface area contributed by atoms with Crippen molar-refractivity contribution in [3.63, 3.8) is 0 Å². The molecule has 44 heavy (non-hydrogen) atoms. The van der Waals surface area contributed by atoms with Crippen LogP contribution in [0.1, 0.15) is 44.3 Å². The fraction of sp³-hybridized carbons (Fsp3) is 0.250. The van der Waals surface area contributed by atoms with Gasteiger partial charge < -0.3 is 30.9 Å². The van der Waals surface area contributed by atoms with Gasteiger partial charge in [0.05, 0.1) is 17.8 Å². The minimum atomic E-state index is -1.30. The monoisotopic (exact) mass is 602 g/mol. The molecule has 0 bridgehead atoms. The van der Waals surface area contributed by atoms with Crippen molar-refractivity contribution < 1.29 is 28.5 Å². The van der Waals surface area contributed by atoms with Gasteiger partial charge in [-0.15, -0.1) is 0 Å². The number of aromatic nitrogens is 2. The number of nitrogens with zero attached hydrogens (tertiary/aromatic N) is 3. The molecule has 0 saturated carbocycles. The van der Waals surface area contributed by atoms with E-state index in [0.717, 1.165) is 28.2 Å². The molecule has 4 aromatic rings. The number of aryl methyl sites for hydroxylation is 1. The number of nitrogens with one attached hydrogen (secondary N) is 3. The van der Waals surface area contributed by atoms with Crippen molar-refractivity contribution in [3.8, 4) is 11.3 Å². The van der Waals surface area contributed by atoms with Gasteiger partial charge in [-0.25, -0.2) is 23.5 Å². The highest BCUT2D eigenvalue weighted by Gasteiger charge is 2.36. The normalized spacial score (nSPS) is 15.8. The molecule has 0 fully saturated rings. The number of carbonyl (C=O) groups excluding carboxylic acids is 1. The molecule has 228 valence electrons. The van der Waals surface area contributed by atoms with Crippen LogP contribution in [-0.2, 0) is 13.0 Å². The summed E-state index contributed by atoms with van der Waals surface area (Å²) in [6.45, 7) is 2.45. The Balaban J connectivity index is 1.58. The Labute approximate surface area is 253 Å². The molecule has 0 spiro atoms. The second kappa shape index (κ2) is 13.1. The van der Waals surface area contributed by atoms with Crippen LogP contribution < -0.4 is 15.7 Å². The SMILES string of the molecule is Cc1ccc(C(=O)NCc2ccccc2)cc1-c1nc(NCCN(C)C(=O)O)nc2c1CC[NH+]([O-])C2c1c(F)cccc1F. The van der Waals surface area contributed by atoms with E-state index < -0.39 is 23.8 Å². The molecule has 0 aliphatic carbocycles. The maximum atomic E-state index is 15.0. The van der Waals surface area contributed by atoms with Crippen LogP contribution in [0.5, 0.6) is 0 Å². The van der Waals surface area contributed by atoms with Gasteiger partial charge in [0.2, 0.25) is 5.95 Å². The topological polar surface area (TPSA) is 135 Å². The van der Waals surface area contributed by atoms with Crippen molar-refractivity contribution in [2.45, 2.75) is 25.9 Å². The fourth-order valence-corrected chi connectivity index (χ4v) is 5.25. The number of anilines is 1. The molecule has 1 aromatic heterocycles. The second-order valence-electron chi connectivity index (χ2n) is 10.6. The highest BCUT2D eigenvalue weighted by atomic mass is 19.1. The molecule has 1 aliphatic heterocycles. The first-order valence-electron chi connectivity index (χ1n) is 14.1. The average molecular weight is 603 g/mol. The first-order chi connectivity index (χ1) is 21.1. The van der Waals surface area contributed by atoms with Crippen LogP contribution in [0.25, 0.3) is 11.3 Å². The molecule has 2 amide bonds. The zero-order valence-corrected chi connectivity index (χ0v) is 24.2. The van der Waals surface area contributed by atoms with Gasteiger partial charge in [-0.2, -0.15) is 0 Å². The van der Waals surface area contributed by atoms with Crippen molar-refractivity contribution in [3.05, 3.63) is 117 Å². The molecule has 10 nitrogen and oxygen atoms in total. The lowest BCUT2D eigenvalue weighted by molar-refractivity contribution is -0.878. The van der Waals surface area contributed by atoms with E-state index >= 15 is 8.78 Å². The third-order valence-corrected chi connectivity index (χ3v) is 7.65. The first kappa shape index (κ1) is 30.5. The number of fused-ring (bicyclic) bond motifs is 1. The Morgan fingerprint density at radius 3 is 2.50 bits per heavy atom. The van der Waals surface area contributed by atoms with Crippen molar-refractivity contribution in [1.82, 2.24) is 20.2 Å². The molecule has 2 unspecified atom stereocenters. The predicted octanol–water partition coefficient (Wildman–Crippen LogP) is 3.71. The van der Waals surface area contributed by atoms with E-state index in [9.17, 15) is 19.9 Å². The number of carboxylic acid groups (broad SMARTS) is 1. The van der Waals surface area contributed by atoms with Crippen LogP contribution in [0.3, 0.4) is 0 Å². The van der Waals surface area contributed by atoms with Gasteiger partial charge in [0.15, 0.2) is 6.04 Å². The van der Waals surface area contributed by atoms with E-state index in [1.165, 1.54) is 13.1 Å². The number of hydrogen-bond donors (Lipinski definition) is 4. The van der Waals surface area contributed by atoms with E-state index in [4.69, 9.17) is 4.98 Å². The lowest BCUT2D eigenvalue weighted by Crippen LogP contribution is -3.09. The molecular weight excluding hydrogens is 570 g/mol. The summed E-state index contributed by atoms with van der Waals surface area (Å²) in [4.78, 5) is 34.8. The summed E-state index contributed by atoms with van der Waals surface area (Å²) in [5.41, 5.74) is 3.47. The molecule has 1 aliphatic rings. The standard InChI is InChI=1S/C32H32F2N6O4/c1-19-11-12-21(30(41)36-18-20-7-4-3-5-8-20)17-23(19)27-22-13-15-40(44)29(26-24(33)9-6-10-25(26)34)28(22)38-31(37-27)35-14-16-39(2)32(42)43/h3-12,17,29,40H,13-16,18H2,1-2H3,(H,36,41)(H,42,43)(H,35,37,38). The van der Waals surface area contributed by atoms with Gasteiger partial charge in [0, 0.05) is 49.8 Å². The van der Waals surface area contributed by atoms with Crippen LogP contribution in [-0.4, -0.2) is 58.7 Å². The van der Waals surface area contributed by atoms with E-state index in [1.807, 2.05) is 37.3 Å². The first-order valence-corrected chi connectivity index (χ1v) is 14.1. The highest BCUT2D eigenvalue weighted by molar-refractivity contribution is 5.95. The van der Waals surface area contributed by atoms with Crippen molar-refractivity contribution >= 4 is 17.9 Å². The summed E-state index contributed by atoms with van der Waals surface area (Å²) in [6, 6.07) is 16.8. The second-order valence-corrected chi connectivity index (χ2v) is 10.6. The number of hydrogen-bond acceptors (Lipinski definition) is 6. The third kappa shape index (κ3) is 6.51. The van der Waals surface area contributed by atoms with Gasteiger partial charge in [-0.3, -0.25) is 4.79 Å². The quantitative estimate of drug-likeness (QED) is 0.215. The highest BCUT2D eigenvalue weighted by Crippen LogP contribution is 2.35. The molecule has 0 radical (unpaired) electrons. The van der Waals surface area contributed by atoms with Gasteiger partial charge >= 0.3 is 6.09 Å². The Morgan fingerprint density at radius 2 is 1.80 bits per heavy atom. The molecular formula is C32H32F2N6O4. The minimum absolute atomic E-state index is 0.0221. The summed E-state index contributed by atoms with van der Waals surface area (Å²) in [7, 11) is 1.41. The molecule has 2 heterocycles. The van der Waals surface area contributed by atoms with Crippen LogP contribution >= 0.6 is 0 Å². The van der Waals surface area contributed by atoms with Crippen molar-refractivity contribution in [1.29, 1.82) is 0 Å². The number of hydroxylamine groups is 2. The van der Waals surface area contributed by atoms with Gasteiger partial charge in [0.25, 0.3) is 5.91 Å². The Morgan fingerprint density at radius 1 is 1.07 bits per heavy atom. The molecule has 3 aromatic carbocycles. The molecule has 0 saturated heterocycles. The van der Waals surface area contributed by atoms with E-state index in [1.54, 1.807) is 18.2 Å². The van der Waals surface area contributed by atoms with Gasteiger partial charge in [-0.05, 0) is 42.3 Å². The van der Waals surface area contributed by atoms with Crippen LogP contribution in [0.15, 0.2) is 66.7 Å². The molecule has 5 rings (SSSR count). The Hall–Kier alpha value is -4.94. The minimum Gasteiger partial charge on any atom is -0.634 e. The third-order valence-electron chi connectivity index (χ3n) is 7.65. The van der Waals surface area contributed by atoms with Crippen molar-refractivity contribution in [2.24, 2.45) is 0 Å². The number of halogens is 2. The van der Waals surface area contributed by atoms with E-state index in [-0.39, 0.29) is 54.2 Å². The molecule has 12 heteroatoms. The molecule has 4 N–H and O–H groups in total. The zero-order valence-electron chi connectivity index (χ0n) is 24.2. The van der Waals surface area contributed by atoms with Crippen LogP contribution in [0, 0.1) is 23.8 Å². The lowest BCUT2D eigenvalue weighted by Gasteiger charge is -2.37. The number of likely N-dealkylation sites (N-methyl/N-ethyl adjacent to an activating group) is 1. The number of quaternary nitrogens is 1. The number of benzene rings is 3. The summed E-state index contributed by atoms with van der Waals surface area (Å²) in [5, 5.41) is 28.0. The Bertz CT molecular complexity index is 1670. The predicted molar refractivity (Wildman–Crippen MR) is 160 cm³/mol. The number of carbonyl (C=O) groups is 2. The maximum Gasteiger partial charge on any atom is 0.407 e. The van der Waals surface area contributed by atoms with E-state index in [0.29, 0.717) is 28.9 Å². The van der Waals surface area contributed by atoms with Crippen LogP contribution in [0.2, 0.25) is 0 Å². The number of amides is 2. The lowest BCUT2D eigenvalue weighted by atomic mass is 9.89. The summed E-state index contributed by atoms with van der Waals surface area (Å²) in [6.07, 6.45) is -0.875. The van der Waals surface area contributed by atoms with Gasteiger partial charge in [-0.1, -0.05) is 42.5 Å². The van der Waals surface area contributed by atoms with Crippen LogP contribution in [0.4, 0.5) is 19.5 Å². The summed E-state index contributed by atoms with van der Waals surface area (Å²) >= 11 is 0. The van der Waals surface area contributed by atoms with Crippen molar-refractivity contribution in [2.75, 3.05) is 32.0 Å². The largest absolute Gasteiger partial charge is 0.634 e. The zero-order chi connectivity index (χ0) is 31.4. The summed E-state index contributed by atoms with van der Waals surface area (Å²) < 4.78 is 30.1.